The molecule has 0 saturated carbocycles. The molecule has 0 amide bonds. The fourth-order valence-corrected chi connectivity index (χ4v) is 1.77. The quantitative estimate of drug-likeness (QED) is 0.548. The molecule has 13 heavy (non-hydrogen) atoms. The van der Waals surface area contributed by atoms with Crippen LogP contribution in [0.15, 0.2) is 0 Å². The lowest BCUT2D eigenvalue weighted by molar-refractivity contribution is -0.111. The lowest BCUT2D eigenvalue weighted by Crippen LogP contribution is -1.90. The summed E-state index contributed by atoms with van der Waals surface area (Å²) in [6.45, 7) is 4.13. The van der Waals surface area contributed by atoms with Gasteiger partial charge in [0.15, 0.2) is 5.12 Å². The van der Waals surface area contributed by atoms with E-state index in [1.165, 1.54) is 43.9 Å². The Morgan fingerprint density at radius 2 is 1.77 bits per heavy atom. The molecule has 0 spiro atoms. The highest BCUT2D eigenvalue weighted by Crippen LogP contribution is 2.13. The van der Waals surface area contributed by atoms with Gasteiger partial charge in [-0.2, -0.15) is 0 Å². The summed E-state index contributed by atoms with van der Waals surface area (Å²) in [5.41, 5.74) is 0. The molecule has 1 nitrogen and oxygen atoms in total. The Labute approximate surface area is 86.7 Å². The van der Waals surface area contributed by atoms with Gasteiger partial charge in [-0.15, -0.1) is 0 Å². The topological polar surface area (TPSA) is 17.1 Å². The van der Waals surface area contributed by atoms with Crippen LogP contribution in [0.1, 0.15) is 58.8 Å². The highest BCUT2D eigenvalue weighted by molar-refractivity contribution is 8.15. The van der Waals surface area contributed by atoms with Gasteiger partial charge in [-0.05, 0) is 6.42 Å². The molecule has 77 valence electrons. The van der Waals surface area contributed by atoms with Gasteiger partial charge in [0.05, 0.1) is 0 Å². The summed E-state index contributed by atoms with van der Waals surface area (Å²) in [5, 5.41) is 0.318. The number of carbonyl (C=O) groups is 1. The Kier molecular flexibility index (Phi) is 10.1. The van der Waals surface area contributed by atoms with Crippen LogP contribution in [0.3, 0.4) is 0 Å². The molecule has 0 N–H and O–H groups in total. The lowest BCUT2D eigenvalue weighted by atomic mass is 10.1. The summed E-state index contributed by atoms with van der Waals surface area (Å²) >= 11 is 1.34. The van der Waals surface area contributed by atoms with Crippen molar-refractivity contribution in [1.82, 2.24) is 0 Å². The average molecular weight is 201 g/mol. The summed E-state index contributed by atoms with van der Waals surface area (Å²) < 4.78 is 0. The van der Waals surface area contributed by atoms with Crippen LogP contribution in [0, 0.1) is 5.75 Å². The minimum Gasteiger partial charge on any atom is -0.287 e. The van der Waals surface area contributed by atoms with E-state index >= 15 is 0 Å². The van der Waals surface area contributed by atoms with Gasteiger partial charge in [0.2, 0.25) is 0 Å². The normalized spacial score (nSPS) is 10.3. The van der Waals surface area contributed by atoms with E-state index in [-0.39, 0.29) is 0 Å². The number of unbranched alkanes of at least 4 members (excludes halogenated alkanes) is 5. The zero-order chi connectivity index (χ0) is 9.94. The van der Waals surface area contributed by atoms with Gasteiger partial charge < -0.3 is 0 Å². The fourth-order valence-electron chi connectivity index (χ4n) is 1.24. The first kappa shape index (κ1) is 13.0. The van der Waals surface area contributed by atoms with Gasteiger partial charge in [0.25, 0.3) is 0 Å². The molecule has 0 bridgehead atoms. The molecule has 1 radical (unpaired) electrons. The first-order valence-electron chi connectivity index (χ1n) is 5.28. The Hall–Kier alpha value is 0.0200. The molecule has 0 aliphatic heterocycles. The van der Waals surface area contributed by atoms with Gasteiger partial charge >= 0.3 is 0 Å². The Bertz CT molecular complexity index is 123. The molecule has 0 aromatic heterocycles. The first-order chi connectivity index (χ1) is 6.31. The van der Waals surface area contributed by atoms with Gasteiger partial charge in [0.1, 0.15) is 0 Å². The molecule has 0 fully saturated rings. The zero-order valence-corrected chi connectivity index (χ0v) is 9.66. The van der Waals surface area contributed by atoms with E-state index in [9.17, 15) is 4.79 Å². The van der Waals surface area contributed by atoms with Crippen LogP contribution < -0.4 is 0 Å². The average Bonchev–Trinajstić information content (AvgIpc) is 2.11. The summed E-state index contributed by atoms with van der Waals surface area (Å²) in [5.74, 6) is 1.86. The van der Waals surface area contributed by atoms with Crippen molar-refractivity contribution >= 4 is 16.9 Å². The second-order valence-corrected chi connectivity index (χ2v) is 4.41. The van der Waals surface area contributed by atoms with E-state index in [1.54, 1.807) is 0 Å². The van der Waals surface area contributed by atoms with Crippen molar-refractivity contribution in [3.8, 4) is 0 Å². The van der Waals surface area contributed by atoms with Crippen LogP contribution in [-0.2, 0) is 4.79 Å². The number of hydrogen-bond acceptors (Lipinski definition) is 2. The molecule has 0 heterocycles. The maximum Gasteiger partial charge on any atom is 0.189 e. The molecular formula is C11H21OS. The number of carbonyl (C=O) groups excluding carboxylic acids is 1. The maximum absolute atomic E-state index is 11.1. The van der Waals surface area contributed by atoms with Gasteiger partial charge in [0, 0.05) is 12.2 Å². The third-order valence-corrected chi connectivity index (χ3v) is 2.69. The molecule has 0 aliphatic rings. The first-order valence-corrected chi connectivity index (χ1v) is 6.16. The van der Waals surface area contributed by atoms with E-state index in [4.69, 9.17) is 0 Å². The van der Waals surface area contributed by atoms with Gasteiger partial charge in [-0.3, -0.25) is 4.79 Å². The van der Waals surface area contributed by atoms with Gasteiger partial charge in [-0.1, -0.05) is 57.7 Å². The Morgan fingerprint density at radius 1 is 1.15 bits per heavy atom. The van der Waals surface area contributed by atoms with Crippen molar-refractivity contribution in [2.45, 2.75) is 58.8 Å². The number of rotatable bonds is 8. The van der Waals surface area contributed by atoms with Crippen molar-refractivity contribution in [3.05, 3.63) is 5.75 Å². The molecule has 0 saturated heterocycles. The number of thioether (sulfide) groups is 1. The monoisotopic (exact) mass is 201 g/mol. The lowest BCUT2D eigenvalue weighted by Gasteiger charge is -1.99. The highest BCUT2D eigenvalue weighted by Gasteiger charge is 1.99. The largest absolute Gasteiger partial charge is 0.287 e. The second kappa shape index (κ2) is 10.1. The minimum atomic E-state index is 0.318. The van der Waals surface area contributed by atoms with Crippen LogP contribution in [0.5, 0.6) is 0 Å². The van der Waals surface area contributed by atoms with Crippen LogP contribution in [0.2, 0.25) is 0 Å². The standard InChI is InChI=1S/C11H21OS/c1-3-5-6-7-8-9-10-11(12)13-4-2/h4H,3,5-10H2,1-2H3. The summed E-state index contributed by atoms with van der Waals surface area (Å²) in [6.07, 6.45) is 8.30. The van der Waals surface area contributed by atoms with Crippen LogP contribution in [-0.4, -0.2) is 5.12 Å². The van der Waals surface area contributed by atoms with Crippen LogP contribution in [0.25, 0.3) is 0 Å². The van der Waals surface area contributed by atoms with Crippen molar-refractivity contribution in [2.24, 2.45) is 0 Å². The second-order valence-electron chi connectivity index (χ2n) is 3.24. The van der Waals surface area contributed by atoms with Gasteiger partial charge in [-0.25, -0.2) is 0 Å². The molecule has 0 atom stereocenters. The molecule has 0 aromatic carbocycles. The molecule has 0 aromatic rings. The van der Waals surface area contributed by atoms with E-state index in [1.807, 2.05) is 12.7 Å². The zero-order valence-electron chi connectivity index (χ0n) is 8.84. The SMILES string of the molecule is C[CH]SC(=O)CCCCCCCC. The van der Waals surface area contributed by atoms with Crippen LogP contribution in [0.4, 0.5) is 0 Å². The van der Waals surface area contributed by atoms with E-state index in [0.29, 0.717) is 5.12 Å². The third-order valence-electron chi connectivity index (χ3n) is 1.98. The molecule has 0 rings (SSSR count). The number of hydrogen-bond donors (Lipinski definition) is 0. The molecule has 2 heteroatoms. The minimum absolute atomic E-state index is 0.318. The highest BCUT2D eigenvalue weighted by atomic mass is 32.2. The predicted octanol–water partition coefficient (Wildman–Crippen LogP) is 4.18. The van der Waals surface area contributed by atoms with E-state index < -0.39 is 0 Å². The Balaban J connectivity index is 3.02. The molecule has 0 aliphatic carbocycles. The summed E-state index contributed by atoms with van der Waals surface area (Å²) in [6, 6.07) is 0. The van der Waals surface area contributed by atoms with Crippen molar-refractivity contribution < 1.29 is 4.79 Å². The molecule has 0 unspecified atom stereocenters. The predicted molar refractivity (Wildman–Crippen MR) is 60.6 cm³/mol. The Morgan fingerprint density at radius 3 is 2.38 bits per heavy atom. The van der Waals surface area contributed by atoms with Crippen molar-refractivity contribution in [2.75, 3.05) is 0 Å². The molecular weight excluding hydrogens is 180 g/mol. The summed E-state index contributed by atoms with van der Waals surface area (Å²) in [4.78, 5) is 11.1. The summed E-state index contributed by atoms with van der Waals surface area (Å²) in [7, 11) is 0. The fraction of sp³-hybridized carbons (Fsp3) is 0.818. The smallest absolute Gasteiger partial charge is 0.189 e. The van der Waals surface area contributed by atoms with Crippen molar-refractivity contribution in [1.29, 1.82) is 0 Å². The third kappa shape index (κ3) is 9.94. The van der Waals surface area contributed by atoms with Crippen molar-refractivity contribution in [3.63, 3.8) is 0 Å². The maximum atomic E-state index is 11.1. The van der Waals surface area contributed by atoms with Crippen LogP contribution >= 0.6 is 11.8 Å². The van der Waals surface area contributed by atoms with E-state index in [0.717, 1.165) is 12.8 Å². The van der Waals surface area contributed by atoms with E-state index in [2.05, 4.69) is 6.92 Å².